The monoisotopic (exact) mass is 364 g/mol. The fourth-order valence-corrected chi connectivity index (χ4v) is 3.30. The summed E-state index contributed by atoms with van der Waals surface area (Å²) in [6.45, 7) is 1.81. The van der Waals surface area contributed by atoms with Crippen LogP contribution in [-0.2, 0) is 21.2 Å². The number of methoxy groups -OCH3 is 1. The zero-order valence-electron chi connectivity index (χ0n) is 13.9. The number of hydrogen-bond donors (Lipinski definition) is 3. The van der Waals surface area contributed by atoms with Gasteiger partial charge in [-0.25, -0.2) is 8.42 Å². The van der Waals surface area contributed by atoms with E-state index in [2.05, 4.69) is 4.72 Å². The van der Waals surface area contributed by atoms with Gasteiger partial charge in [-0.1, -0.05) is 6.07 Å². The van der Waals surface area contributed by atoms with Crippen molar-refractivity contribution in [2.45, 2.75) is 24.3 Å². The molecule has 134 valence electrons. The number of carboxylic acid groups (broad SMARTS) is 1. The lowest BCUT2D eigenvalue weighted by Gasteiger charge is -2.13. The Morgan fingerprint density at radius 1 is 1.24 bits per heavy atom. The maximum Gasteiger partial charge on any atom is 0.320 e. The smallest absolute Gasteiger partial charge is 0.320 e. The van der Waals surface area contributed by atoms with Crippen molar-refractivity contribution in [1.82, 2.24) is 0 Å². The van der Waals surface area contributed by atoms with Crippen molar-refractivity contribution >= 4 is 21.7 Å². The molecule has 0 aliphatic rings. The average Bonchev–Trinajstić information content (AvgIpc) is 2.57. The van der Waals surface area contributed by atoms with Gasteiger partial charge in [0.25, 0.3) is 10.0 Å². The van der Waals surface area contributed by atoms with E-state index in [-0.39, 0.29) is 11.3 Å². The third-order valence-electron chi connectivity index (χ3n) is 3.73. The predicted molar refractivity (Wildman–Crippen MR) is 94.3 cm³/mol. The molecule has 8 heteroatoms. The lowest BCUT2D eigenvalue weighted by molar-refractivity contribution is -0.138. The number of nitrogens with one attached hydrogen (secondary N) is 1. The van der Waals surface area contributed by atoms with E-state index >= 15 is 0 Å². The second kappa shape index (κ2) is 7.54. The molecule has 0 unspecified atom stereocenters. The van der Waals surface area contributed by atoms with Crippen LogP contribution in [0.3, 0.4) is 0 Å². The number of carboxylic acids is 1. The molecule has 0 spiro atoms. The molecule has 0 aliphatic carbocycles. The summed E-state index contributed by atoms with van der Waals surface area (Å²) >= 11 is 0. The SMILES string of the molecule is COc1ccc(S(=O)(=O)Nc2ccc(C)c(C[C@H](N)C(=O)O)c2)cc1. The Morgan fingerprint density at radius 2 is 1.88 bits per heavy atom. The molecule has 2 aromatic carbocycles. The molecule has 2 rings (SSSR count). The summed E-state index contributed by atoms with van der Waals surface area (Å²) in [5.41, 5.74) is 7.41. The van der Waals surface area contributed by atoms with E-state index in [4.69, 9.17) is 15.6 Å². The normalized spacial score (nSPS) is 12.4. The average molecular weight is 364 g/mol. The second-order valence-corrected chi connectivity index (χ2v) is 7.25. The van der Waals surface area contributed by atoms with Crippen LogP contribution in [0.4, 0.5) is 5.69 Å². The van der Waals surface area contributed by atoms with Crippen molar-refractivity contribution in [3.63, 3.8) is 0 Å². The van der Waals surface area contributed by atoms with Gasteiger partial charge < -0.3 is 15.6 Å². The van der Waals surface area contributed by atoms with E-state index in [9.17, 15) is 13.2 Å². The summed E-state index contributed by atoms with van der Waals surface area (Å²) in [6, 6.07) is 9.88. The van der Waals surface area contributed by atoms with Crippen LogP contribution >= 0.6 is 0 Å². The highest BCUT2D eigenvalue weighted by molar-refractivity contribution is 7.92. The van der Waals surface area contributed by atoms with Crippen LogP contribution in [0, 0.1) is 6.92 Å². The van der Waals surface area contributed by atoms with Crippen molar-refractivity contribution in [1.29, 1.82) is 0 Å². The molecular weight excluding hydrogens is 344 g/mol. The van der Waals surface area contributed by atoms with Gasteiger partial charge in [0, 0.05) is 5.69 Å². The highest BCUT2D eigenvalue weighted by Crippen LogP contribution is 2.22. The van der Waals surface area contributed by atoms with Gasteiger partial charge in [-0.15, -0.1) is 0 Å². The fourth-order valence-electron chi connectivity index (χ4n) is 2.25. The van der Waals surface area contributed by atoms with E-state index in [0.717, 1.165) is 5.56 Å². The van der Waals surface area contributed by atoms with Crippen LogP contribution in [0.5, 0.6) is 5.75 Å². The fraction of sp³-hybridized carbons (Fsp3) is 0.235. The predicted octanol–water partition coefficient (Wildman–Crippen LogP) is 1.76. The maximum atomic E-state index is 12.5. The molecule has 1 atom stereocenters. The van der Waals surface area contributed by atoms with E-state index in [1.165, 1.54) is 19.2 Å². The summed E-state index contributed by atoms with van der Waals surface area (Å²) in [5.74, 6) is -0.553. The molecule has 0 heterocycles. The third-order valence-corrected chi connectivity index (χ3v) is 5.13. The molecule has 4 N–H and O–H groups in total. The molecule has 0 aliphatic heterocycles. The quantitative estimate of drug-likeness (QED) is 0.689. The van der Waals surface area contributed by atoms with Gasteiger partial charge in [0.1, 0.15) is 11.8 Å². The number of sulfonamides is 1. The number of ether oxygens (including phenoxy) is 1. The highest BCUT2D eigenvalue weighted by atomic mass is 32.2. The van der Waals surface area contributed by atoms with E-state index in [0.29, 0.717) is 17.0 Å². The van der Waals surface area contributed by atoms with Crippen LogP contribution in [-0.4, -0.2) is 32.6 Å². The minimum Gasteiger partial charge on any atom is -0.497 e. The molecule has 0 aromatic heterocycles. The largest absolute Gasteiger partial charge is 0.497 e. The molecule has 0 amide bonds. The molecule has 2 aromatic rings. The summed E-state index contributed by atoms with van der Waals surface area (Å²) in [6.07, 6.45) is 0.110. The standard InChI is InChI=1S/C17H20N2O5S/c1-11-3-4-13(9-12(11)10-16(18)17(20)21)19-25(22,23)15-7-5-14(24-2)6-8-15/h3-9,16,19H,10,18H2,1-2H3,(H,20,21)/t16-/m0/s1. The van der Waals surface area contributed by atoms with E-state index in [1.807, 2.05) is 6.92 Å². The molecule has 0 saturated carbocycles. The van der Waals surface area contributed by atoms with E-state index < -0.39 is 22.0 Å². The Morgan fingerprint density at radius 3 is 2.44 bits per heavy atom. The van der Waals surface area contributed by atoms with Crippen molar-refractivity contribution in [2.75, 3.05) is 11.8 Å². The zero-order valence-corrected chi connectivity index (χ0v) is 14.7. The number of carbonyl (C=O) groups is 1. The molecule has 0 saturated heterocycles. The molecule has 0 fully saturated rings. The topological polar surface area (TPSA) is 119 Å². The Kier molecular flexibility index (Phi) is 5.66. The summed E-state index contributed by atoms with van der Waals surface area (Å²) in [7, 11) is -2.27. The first-order valence-corrected chi connectivity index (χ1v) is 8.96. The molecular formula is C17H20N2O5S. The van der Waals surface area contributed by atoms with Crippen LogP contribution < -0.4 is 15.2 Å². The Balaban J connectivity index is 2.25. The number of nitrogens with two attached hydrogens (primary N) is 1. The van der Waals surface area contributed by atoms with Crippen molar-refractivity contribution in [2.24, 2.45) is 5.73 Å². The van der Waals surface area contributed by atoms with Crippen molar-refractivity contribution < 1.29 is 23.1 Å². The van der Waals surface area contributed by atoms with Gasteiger partial charge in [0.05, 0.1) is 12.0 Å². The van der Waals surface area contributed by atoms with Gasteiger partial charge in [0.2, 0.25) is 0 Å². The Hall–Kier alpha value is -2.58. The zero-order chi connectivity index (χ0) is 18.6. The molecule has 25 heavy (non-hydrogen) atoms. The number of aliphatic carboxylic acids is 1. The first kappa shape index (κ1) is 18.8. The van der Waals surface area contributed by atoms with Gasteiger partial charge >= 0.3 is 5.97 Å². The van der Waals surface area contributed by atoms with Crippen LogP contribution in [0.1, 0.15) is 11.1 Å². The van der Waals surface area contributed by atoms with Gasteiger partial charge in [-0.3, -0.25) is 9.52 Å². The molecule has 0 radical (unpaired) electrons. The number of benzene rings is 2. The summed E-state index contributed by atoms with van der Waals surface area (Å²) in [4.78, 5) is 11.0. The van der Waals surface area contributed by atoms with E-state index in [1.54, 1.807) is 30.3 Å². The third kappa shape index (κ3) is 4.71. The Labute approximate surface area is 146 Å². The first-order chi connectivity index (χ1) is 11.7. The lowest BCUT2D eigenvalue weighted by Crippen LogP contribution is -2.32. The Bertz CT molecular complexity index is 863. The maximum absolute atomic E-state index is 12.5. The van der Waals surface area contributed by atoms with Gasteiger partial charge in [0.15, 0.2) is 0 Å². The molecule has 0 bridgehead atoms. The van der Waals surface area contributed by atoms with Gasteiger partial charge in [-0.2, -0.15) is 0 Å². The first-order valence-electron chi connectivity index (χ1n) is 7.47. The highest BCUT2D eigenvalue weighted by Gasteiger charge is 2.17. The van der Waals surface area contributed by atoms with Crippen molar-refractivity contribution in [3.05, 3.63) is 53.6 Å². The number of aryl methyl sites for hydroxylation is 1. The van der Waals surface area contributed by atoms with Crippen molar-refractivity contribution in [3.8, 4) is 5.75 Å². The number of rotatable bonds is 7. The minimum atomic E-state index is -3.77. The minimum absolute atomic E-state index is 0.0951. The number of hydrogen-bond acceptors (Lipinski definition) is 5. The summed E-state index contributed by atoms with van der Waals surface area (Å²) < 4.78 is 32.4. The van der Waals surface area contributed by atoms with Crippen LogP contribution in [0.15, 0.2) is 47.4 Å². The lowest BCUT2D eigenvalue weighted by atomic mass is 10.0. The summed E-state index contributed by atoms with van der Waals surface area (Å²) in [5, 5.41) is 8.93. The second-order valence-electron chi connectivity index (χ2n) is 5.57. The van der Waals surface area contributed by atoms with Crippen LogP contribution in [0.2, 0.25) is 0 Å². The number of anilines is 1. The van der Waals surface area contributed by atoms with Crippen LogP contribution in [0.25, 0.3) is 0 Å². The molecule has 7 nitrogen and oxygen atoms in total. The van der Waals surface area contributed by atoms with Gasteiger partial charge in [-0.05, 0) is 60.9 Å².